The maximum absolute atomic E-state index is 6.12. The minimum atomic E-state index is 0.306. The van der Waals surface area contributed by atoms with E-state index >= 15 is 0 Å². The molecule has 0 N–H and O–H groups in total. The van der Waals surface area contributed by atoms with Crippen LogP contribution in [0.2, 0.25) is 0 Å². The van der Waals surface area contributed by atoms with Gasteiger partial charge in [0.15, 0.2) is 0 Å². The maximum Gasteiger partial charge on any atom is 0.131 e. The Morgan fingerprint density at radius 1 is 1.43 bits per heavy atom. The molecule has 0 unspecified atom stereocenters. The van der Waals surface area contributed by atoms with Crippen molar-refractivity contribution in [3.05, 3.63) is 41.9 Å². The van der Waals surface area contributed by atoms with Crippen molar-refractivity contribution in [1.82, 2.24) is 9.97 Å². The molecular weight excluding hydrogens is 286 g/mol. The summed E-state index contributed by atoms with van der Waals surface area (Å²) in [7, 11) is 0. The van der Waals surface area contributed by atoms with Crippen LogP contribution in [0.4, 0.5) is 5.69 Å². The monoisotopic (exact) mass is 305 g/mol. The highest BCUT2D eigenvalue weighted by Crippen LogP contribution is 2.35. The fourth-order valence-electron chi connectivity index (χ4n) is 2.41. The van der Waals surface area contributed by atoms with E-state index in [1.165, 1.54) is 12.8 Å². The molecule has 0 amide bonds. The lowest BCUT2D eigenvalue weighted by atomic mass is 10.2. The van der Waals surface area contributed by atoms with E-state index in [1.807, 2.05) is 18.3 Å². The molecule has 2 heterocycles. The summed E-state index contributed by atoms with van der Waals surface area (Å²) in [5.74, 6) is 2.51. The van der Waals surface area contributed by atoms with Crippen LogP contribution in [0.5, 0.6) is 0 Å². The number of alkyl halides is 1. The van der Waals surface area contributed by atoms with E-state index in [-0.39, 0.29) is 0 Å². The predicted molar refractivity (Wildman–Crippen MR) is 83.6 cm³/mol. The van der Waals surface area contributed by atoms with Crippen LogP contribution in [0.3, 0.4) is 0 Å². The summed E-state index contributed by atoms with van der Waals surface area (Å²) in [5.41, 5.74) is 1.95. The first-order valence-corrected chi connectivity index (χ1v) is 7.93. The lowest BCUT2D eigenvalue weighted by Crippen LogP contribution is -2.26. The Hall–Kier alpha value is -1.55. The van der Waals surface area contributed by atoms with Crippen molar-refractivity contribution in [2.45, 2.75) is 51.1 Å². The van der Waals surface area contributed by atoms with Crippen LogP contribution in [0.25, 0.3) is 0 Å². The van der Waals surface area contributed by atoms with E-state index in [0.29, 0.717) is 17.8 Å². The summed E-state index contributed by atoms with van der Waals surface area (Å²) in [4.78, 5) is 11.5. The number of nitrogens with zero attached hydrogens (tertiary/aromatic N) is 3. The molecular formula is C16H20ClN3O. The second kappa shape index (κ2) is 6.06. The van der Waals surface area contributed by atoms with Gasteiger partial charge < -0.3 is 9.32 Å². The fraction of sp³-hybridized carbons (Fsp3) is 0.500. The van der Waals surface area contributed by atoms with Crippen LogP contribution in [0.1, 0.15) is 49.9 Å². The molecule has 0 radical (unpaired) electrons. The highest BCUT2D eigenvalue weighted by molar-refractivity contribution is 6.17. The van der Waals surface area contributed by atoms with E-state index in [2.05, 4.69) is 28.7 Å². The number of halogens is 1. The molecule has 0 bridgehead atoms. The summed E-state index contributed by atoms with van der Waals surface area (Å²) >= 11 is 6.12. The van der Waals surface area contributed by atoms with E-state index < -0.39 is 0 Å². The zero-order valence-corrected chi connectivity index (χ0v) is 13.2. The van der Waals surface area contributed by atoms with Crippen molar-refractivity contribution in [3.63, 3.8) is 0 Å². The molecule has 1 aliphatic carbocycles. The number of hydrogen-bond donors (Lipinski definition) is 0. The van der Waals surface area contributed by atoms with Gasteiger partial charge in [0.1, 0.15) is 11.6 Å². The SMILES string of the molecule is CC(C)c1ncc(N(Cc2ccco2)C2CC2)c(CCl)n1. The number of furan rings is 1. The van der Waals surface area contributed by atoms with E-state index in [0.717, 1.165) is 29.5 Å². The van der Waals surface area contributed by atoms with Crippen molar-refractivity contribution in [2.24, 2.45) is 0 Å². The van der Waals surface area contributed by atoms with Crippen LogP contribution in [0.15, 0.2) is 29.0 Å². The van der Waals surface area contributed by atoms with Crippen molar-refractivity contribution in [3.8, 4) is 0 Å². The van der Waals surface area contributed by atoms with Gasteiger partial charge in [0.25, 0.3) is 0 Å². The number of aromatic nitrogens is 2. The molecule has 2 aromatic heterocycles. The van der Waals surface area contributed by atoms with Gasteiger partial charge in [-0.25, -0.2) is 9.97 Å². The highest BCUT2D eigenvalue weighted by Gasteiger charge is 2.31. The number of rotatable bonds is 6. The molecule has 4 nitrogen and oxygen atoms in total. The molecule has 0 atom stereocenters. The first-order valence-electron chi connectivity index (χ1n) is 7.40. The summed E-state index contributed by atoms with van der Waals surface area (Å²) in [6.45, 7) is 4.93. The summed E-state index contributed by atoms with van der Waals surface area (Å²) in [5, 5.41) is 0. The second-order valence-corrected chi connectivity index (χ2v) is 6.05. The lowest BCUT2D eigenvalue weighted by molar-refractivity contribution is 0.500. The molecule has 112 valence electrons. The molecule has 21 heavy (non-hydrogen) atoms. The largest absolute Gasteiger partial charge is 0.467 e. The van der Waals surface area contributed by atoms with Crippen LogP contribution in [0, 0.1) is 0 Å². The third kappa shape index (κ3) is 3.21. The van der Waals surface area contributed by atoms with Crippen molar-refractivity contribution < 1.29 is 4.42 Å². The molecule has 1 fully saturated rings. The third-order valence-electron chi connectivity index (χ3n) is 3.71. The minimum absolute atomic E-state index is 0.306. The van der Waals surface area contributed by atoms with Crippen molar-refractivity contribution in [2.75, 3.05) is 4.90 Å². The minimum Gasteiger partial charge on any atom is -0.467 e. The van der Waals surface area contributed by atoms with Gasteiger partial charge >= 0.3 is 0 Å². The van der Waals surface area contributed by atoms with Crippen LogP contribution >= 0.6 is 11.6 Å². The smallest absolute Gasteiger partial charge is 0.131 e. The Balaban J connectivity index is 1.91. The molecule has 0 aromatic carbocycles. The summed E-state index contributed by atoms with van der Waals surface area (Å²) in [6, 6.07) is 4.46. The average Bonchev–Trinajstić information content (AvgIpc) is 3.21. The first kappa shape index (κ1) is 14.4. The molecule has 0 spiro atoms. The molecule has 3 rings (SSSR count). The predicted octanol–water partition coefficient (Wildman–Crippen LogP) is 4.10. The van der Waals surface area contributed by atoms with Crippen LogP contribution in [-0.4, -0.2) is 16.0 Å². The molecule has 1 aliphatic rings. The molecule has 2 aromatic rings. The normalized spacial score (nSPS) is 14.7. The van der Waals surface area contributed by atoms with Crippen molar-refractivity contribution in [1.29, 1.82) is 0 Å². The first-order chi connectivity index (χ1) is 10.2. The van der Waals surface area contributed by atoms with Gasteiger partial charge in [-0.05, 0) is 25.0 Å². The zero-order valence-electron chi connectivity index (χ0n) is 12.4. The second-order valence-electron chi connectivity index (χ2n) is 5.79. The van der Waals surface area contributed by atoms with Crippen molar-refractivity contribution >= 4 is 17.3 Å². The van der Waals surface area contributed by atoms with E-state index in [1.54, 1.807) is 6.26 Å². The van der Waals surface area contributed by atoms with Gasteiger partial charge in [-0.2, -0.15) is 0 Å². The topological polar surface area (TPSA) is 42.2 Å². The molecule has 1 saturated carbocycles. The Morgan fingerprint density at radius 2 is 2.24 bits per heavy atom. The van der Waals surface area contributed by atoms with Crippen LogP contribution < -0.4 is 4.90 Å². The van der Waals surface area contributed by atoms with Gasteiger partial charge in [0.05, 0.1) is 36.3 Å². The Kier molecular flexibility index (Phi) is 4.15. The number of hydrogen-bond acceptors (Lipinski definition) is 4. The van der Waals surface area contributed by atoms with Gasteiger partial charge in [-0.15, -0.1) is 11.6 Å². The Bertz CT molecular complexity index is 594. The maximum atomic E-state index is 6.12. The molecule has 0 saturated heterocycles. The summed E-state index contributed by atoms with van der Waals surface area (Å²) < 4.78 is 5.48. The average molecular weight is 306 g/mol. The highest BCUT2D eigenvalue weighted by atomic mass is 35.5. The molecule has 5 heteroatoms. The van der Waals surface area contributed by atoms with Crippen LogP contribution in [-0.2, 0) is 12.4 Å². The van der Waals surface area contributed by atoms with Gasteiger partial charge in [-0.3, -0.25) is 0 Å². The summed E-state index contributed by atoms with van der Waals surface area (Å²) in [6.07, 6.45) is 6.03. The third-order valence-corrected chi connectivity index (χ3v) is 3.96. The van der Waals surface area contributed by atoms with E-state index in [4.69, 9.17) is 16.0 Å². The number of anilines is 1. The van der Waals surface area contributed by atoms with Gasteiger partial charge in [0, 0.05) is 12.0 Å². The van der Waals surface area contributed by atoms with Gasteiger partial charge in [0.2, 0.25) is 0 Å². The van der Waals surface area contributed by atoms with E-state index in [9.17, 15) is 0 Å². The van der Waals surface area contributed by atoms with Gasteiger partial charge in [-0.1, -0.05) is 13.8 Å². The molecule has 0 aliphatic heterocycles. The standard InChI is InChI=1S/C16H20ClN3O/c1-11(2)16-18-9-15(14(8-17)19-16)20(12-5-6-12)10-13-4-3-7-21-13/h3-4,7,9,11-12H,5-6,8,10H2,1-2H3. The zero-order chi connectivity index (χ0) is 14.8. The quantitative estimate of drug-likeness (QED) is 0.754. The lowest BCUT2D eigenvalue weighted by Gasteiger charge is -2.25. The Labute approximate surface area is 130 Å². The fourth-order valence-corrected chi connectivity index (χ4v) is 2.61. The Morgan fingerprint density at radius 3 is 2.81 bits per heavy atom.